The number of nitrogens with one attached hydrogen (secondary N) is 1. The van der Waals surface area contributed by atoms with Gasteiger partial charge in [0, 0.05) is 11.6 Å². The summed E-state index contributed by atoms with van der Waals surface area (Å²) in [6.45, 7) is 1.80. The van der Waals surface area contributed by atoms with Crippen molar-refractivity contribution in [3.8, 4) is 11.8 Å². The molecule has 0 amide bonds. The van der Waals surface area contributed by atoms with E-state index in [1.165, 1.54) is 17.0 Å². The largest absolute Gasteiger partial charge is 0.388 e. The van der Waals surface area contributed by atoms with Gasteiger partial charge in [-0.05, 0) is 44.0 Å². The molecule has 0 aliphatic carbocycles. The predicted molar refractivity (Wildman–Crippen MR) is 88.0 cm³/mol. The molecule has 118 valence electrons. The van der Waals surface area contributed by atoms with Crippen molar-refractivity contribution in [1.82, 2.24) is 14.9 Å². The van der Waals surface area contributed by atoms with Crippen molar-refractivity contribution < 1.29 is 5.11 Å². The van der Waals surface area contributed by atoms with Crippen molar-refractivity contribution in [3.63, 3.8) is 0 Å². The van der Waals surface area contributed by atoms with Gasteiger partial charge in [0.1, 0.15) is 5.69 Å². The molecule has 23 heavy (non-hydrogen) atoms. The monoisotopic (exact) mass is 309 g/mol. The number of piperidine rings is 1. The van der Waals surface area contributed by atoms with E-state index in [2.05, 4.69) is 22.1 Å². The lowest BCUT2D eigenvalue weighted by molar-refractivity contribution is -0.00642. The van der Waals surface area contributed by atoms with Crippen LogP contribution in [0.15, 0.2) is 47.5 Å². The van der Waals surface area contributed by atoms with Crippen molar-refractivity contribution in [1.29, 1.82) is 0 Å². The molecule has 2 heterocycles. The molecule has 1 fully saturated rings. The van der Waals surface area contributed by atoms with Crippen molar-refractivity contribution in [2.45, 2.75) is 25.0 Å². The molecule has 1 aromatic carbocycles. The molecule has 0 atom stereocenters. The number of hydrogen-bond acceptors (Lipinski definition) is 4. The molecule has 5 heteroatoms. The van der Waals surface area contributed by atoms with Crippen LogP contribution in [0.5, 0.6) is 0 Å². The van der Waals surface area contributed by atoms with Crippen LogP contribution in [-0.4, -0.2) is 33.3 Å². The first kappa shape index (κ1) is 15.5. The Morgan fingerprint density at radius 2 is 1.96 bits per heavy atom. The van der Waals surface area contributed by atoms with Crippen LogP contribution in [0.25, 0.3) is 0 Å². The van der Waals surface area contributed by atoms with Gasteiger partial charge in [-0.1, -0.05) is 24.1 Å². The van der Waals surface area contributed by atoms with E-state index in [4.69, 9.17) is 0 Å². The molecule has 0 unspecified atom stereocenters. The van der Waals surface area contributed by atoms with Gasteiger partial charge in [0.05, 0.1) is 18.5 Å². The SMILES string of the molecule is O=c1cc(C#Cc2ccccc2)ncn1CC1(O)CCNCC1. The summed E-state index contributed by atoms with van der Waals surface area (Å²) in [5.41, 5.74) is 0.285. The Hall–Kier alpha value is -2.42. The average molecular weight is 309 g/mol. The molecule has 3 rings (SSSR count). The fraction of sp³-hybridized carbons (Fsp3) is 0.333. The summed E-state index contributed by atoms with van der Waals surface area (Å²) in [7, 11) is 0. The van der Waals surface area contributed by atoms with E-state index in [-0.39, 0.29) is 12.1 Å². The summed E-state index contributed by atoms with van der Waals surface area (Å²) in [5.74, 6) is 5.87. The second-order valence-electron chi connectivity index (χ2n) is 5.83. The lowest BCUT2D eigenvalue weighted by Crippen LogP contribution is -2.46. The molecule has 1 saturated heterocycles. The zero-order valence-corrected chi connectivity index (χ0v) is 12.8. The molecular formula is C18H19N3O2. The smallest absolute Gasteiger partial charge is 0.254 e. The fourth-order valence-corrected chi connectivity index (χ4v) is 2.64. The summed E-state index contributed by atoms with van der Waals surface area (Å²) >= 11 is 0. The van der Waals surface area contributed by atoms with Gasteiger partial charge in [0.15, 0.2) is 0 Å². The summed E-state index contributed by atoms with van der Waals surface area (Å²) in [5, 5.41) is 13.7. The standard InChI is InChI=1S/C18H19N3O2/c22-17-12-16(7-6-15-4-2-1-3-5-15)20-14-21(17)13-18(23)8-10-19-11-9-18/h1-5,12,14,19,23H,8-11,13H2. The van der Waals surface area contributed by atoms with Crippen LogP contribution in [0.3, 0.4) is 0 Å². The molecule has 1 aliphatic rings. The zero-order valence-electron chi connectivity index (χ0n) is 12.8. The van der Waals surface area contributed by atoms with Gasteiger partial charge < -0.3 is 10.4 Å². The van der Waals surface area contributed by atoms with Crippen molar-refractivity contribution in [2.24, 2.45) is 0 Å². The Bertz CT molecular complexity index is 781. The first-order valence-electron chi connectivity index (χ1n) is 7.71. The number of nitrogens with zero attached hydrogens (tertiary/aromatic N) is 2. The minimum atomic E-state index is -0.839. The molecular weight excluding hydrogens is 290 g/mol. The third-order valence-corrected chi connectivity index (χ3v) is 3.99. The van der Waals surface area contributed by atoms with Crippen LogP contribution < -0.4 is 10.9 Å². The summed E-state index contributed by atoms with van der Waals surface area (Å²) < 4.78 is 1.46. The summed E-state index contributed by atoms with van der Waals surface area (Å²) in [4.78, 5) is 16.4. The number of aromatic nitrogens is 2. The molecule has 2 N–H and O–H groups in total. The van der Waals surface area contributed by atoms with Gasteiger partial charge in [-0.25, -0.2) is 4.98 Å². The Labute approximate surface area is 135 Å². The van der Waals surface area contributed by atoms with E-state index >= 15 is 0 Å². The topological polar surface area (TPSA) is 67.2 Å². The number of benzene rings is 1. The van der Waals surface area contributed by atoms with Crippen molar-refractivity contribution in [2.75, 3.05) is 13.1 Å². The number of aliphatic hydroxyl groups is 1. The van der Waals surface area contributed by atoms with Crippen LogP contribution in [-0.2, 0) is 6.54 Å². The van der Waals surface area contributed by atoms with Gasteiger partial charge in [-0.15, -0.1) is 0 Å². The Balaban J connectivity index is 1.76. The maximum Gasteiger partial charge on any atom is 0.254 e. The predicted octanol–water partition coefficient (Wildman–Crippen LogP) is 0.758. The molecule has 0 saturated carbocycles. The Kier molecular flexibility index (Phi) is 4.56. The molecule has 2 aromatic rings. The van der Waals surface area contributed by atoms with E-state index in [0.29, 0.717) is 18.5 Å². The van der Waals surface area contributed by atoms with Crippen LogP contribution in [0.4, 0.5) is 0 Å². The molecule has 0 radical (unpaired) electrons. The van der Waals surface area contributed by atoms with E-state index < -0.39 is 5.60 Å². The minimum absolute atomic E-state index is 0.190. The van der Waals surface area contributed by atoms with E-state index in [1.807, 2.05) is 30.3 Å². The molecule has 1 aromatic heterocycles. The summed E-state index contributed by atoms with van der Waals surface area (Å²) in [6, 6.07) is 11.0. The van der Waals surface area contributed by atoms with Crippen LogP contribution in [0, 0.1) is 11.8 Å². The Morgan fingerprint density at radius 3 is 2.65 bits per heavy atom. The maximum absolute atomic E-state index is 12.2. The quantitative estimate of drug-likeness (QED) is 0.804. The first-order chi connectivity index (χ1) is 11.1. The first-order valence-corrected chi connectivity index (χ1v) is 7.71. The third-order valence-electron chi connectivity index (χ3n) is 3.99. The number of rotatable bonds is 2. The van der Waals surface area contributed by atoms with E-state index in [0.717, 1.165) is 18.7 Å². The van der Waals surface area contributed by atoms with Crippen LogP contribution in [0.1, 0.15) is 24.1 Å². The van der Waals surface area contributed by atoms with Gasteiger partial charge >= 0.3 is 0 Å². The highest BCUT2D eigenvalue weighted by Gasteiger charge is 2.29. The van der Waals surface area contributed by atoms with Gasteiger partial charge in [0.2, 0.25) is 0 Å². The lowest BCUT2D eigenvalue weighted by Gasteiger charge is -2.32. The normalized spacial score (nSPS) is 16.4. The number of hydrogen-bond donors (Lipinski definition) is 2. The second-order valence-corrected chi connectivity index (χ2v) is 5.83. The highest BCUT2D eigenvalue weighted by Crippen LogP contribution is 2.19. The van der Waals surface area contributed by atoms with Gasteiger partial charge in [-0.3, -0.25) is 9.36 Å². The minimum Gasteiger partial charge on any atom is -0.388 e. The third kappa shape index (κ3) is 4.07. The fourth-order valence-electron chi connectivity index (χ4n) is 2.64. The second kappa shape index (κ2) is 6.78. The Morgan fingerprint density at radius 1 is 1.22 bits per heavy atom. The zero-order chi connectivity index (χ0) is 16.1. The van der Waals surface area contributed by atoms with E-state index in [1.54, 1.807) is 0 Å². The highest BCUT2D eigenvalue weighted by molar-refractivity contribution is 5.39. The van der Waals surface area contributed by atoms with Crippen LogP contribution in [0.2, 0.25) is 0 Å². The molecule has 0 bridgehead atoms. The maximum atomic E-state index is 12.2. The lowest BCUT2D eigenvalue weighted by atomic mass is 9.92. The average Bonchev–Trinajstić information content (AvgIpc) is 2.57. The molecule has 5 nitrogen and oxygen atoms in total. The van der Waals surface area contributed by atoms with E-state index in [9.17, 15) is 9.90 Å². The van der Waals surface area contributed by atoms with Crippen molar-refractivity contribution >= 4 is 0 Å². The molecule has 0 spiro atoms. The highest BCUT2D eigenvalue weighted by atomic mass is 16.3. The van der Waals surface area contributed by atoms with Crippen LogP contribution >= 0.6 is 0 Å². The summed E-state index contributed by atoms with van der Waals surface area (Å²) in [6.07, 6.45) is 2.74. The molecule has 1 aliphatic heterocycles. The van der Waals surface area contributed by atoms with Crippen molar-refractivity contribution in [3.05, 3.63) is 64.3 Å². The van der Waals surface area contributed by atoms with Gasteiger partial charge in [-0.2, -0.15) is 0 Å². The van der Waals surface area contributed by atoms with Gasteiger partial charge in [0.25, 0.3) is 5.56 Å².